The molecule has 2 atom stereocenters. The van der Waals surface area contributed by atoms with Crippen LogP contribution in [0.15, 0.2) is 47.3 Å². The molecule has 0 spiro atoms. The van der Waals surface area contributed by atoms with Crippen LogP contribution in [0.1, 0.15) is 47.8 Å². The molecule has 3 N–H and O–H groups in total. The molecule has 3 rings (SSSR count). The van der Waals surface area contributed by atoms with Crippen molar-refractivity contribution in [1.82, 2.24) is 9.88 Å². The Balaban J connectivity index is 1.95. The van der Waals surface area contributed by atoms with E-state index in [-0.39, 0.29) is 43.3 Å². The lowest BCUT2D eigenvalue weighted by Gasteiger charge is -2.43. The van der Waals surface area contributed by atoms with Crippen LogP contribution in [0.25, 0.3) is 0 Å². The topological polar surface area (TPSA) is 111 Å². The van der Waals surface area contributed by atoms with Crippen LogP contribution in [0.2, 0.25) is 0 Å². The molecule has 1 aromatic heterocycles. The normalized spacial score (nSPS) is 21.9. The molecule has 0 saturated carbocycles. The number of hydrogen-bond donors (Lipinski definition) is 3. The number of hydrogen-bond acceptors (Lipinski definition) is 4. The fourth-order valence-corrected chi connectivity index (χ4v) is 3.98. The third-order valence-electron chi connectivity index (χ3n) is 5.62. The predicted molar refractivity (Wildman–Crippen MR) is 108 cm³/mol. The van der Waals surface area contributed by atoms with Crippen molar-refractivity contribution in [2.24, 2.45) is 5.41 Å². The zero-order chi connectivity index (χ0) is 21.2. The van der Waals surface area contributed by atoms with Crippen molar-refractivity contribution < 1.29 is 19.8 Å². The highest BCUT2D eigenvalue weighted by atomic mass is 16.4. The molecule has 1 aromatic carbocycles. The summed E-state index contributed by atoms with van der Waals surface area (Å²) in [6.45, 7) is 3.90. The van der Waals surface area contributed by atoms with Gasteiger partial charge < -0.3 is 20.1 Å². The van der Waals surface area contributed by atoms with Gasteiger partial charge in [-0.25, -0.2) is 0 Å². The predicted octanol–water partition coefficient (Wildman–Crippen LogP) is 2.02. The number of aliphatic hydroxyl groups is 1. The van der Waals surface area contributed by atoms with Gasteiger partial charge in [-0.15, -0.1) is 0 Å². The molecular weight excluding hydrogens is 372 g/mol. The van der Waals surface area contributed by atoms with Gasteiger partial charge in [0.1, 0.15) is 5.41 Å². The molecule has 0 unspecified atom stereocenters. The average molecular weight is 398 g/mol. The number of H-pyrrole nitrogens is 1. The van der Waals surface area contributed by atoms with Crippen molar-refractivity contribution in [3.63, 3.8) is 0 Å². The molecular formula is C22H26N2O5. The Morgan fingerprint density at radius 1 is 1.21 bits per heavy atom. The van der Waals surface area contributed by atoms with Gasteiger partial charge in [0.05, 0.1) is 11.7 Å². The van der Waals surface area contributed by atoms with E-state index < -0.39 is 17.5 Å². The van der Waals surface area contributed by atoms with E-state index in [9.17, 15) is 24.6 Å². The van der Waals surface area contributed by atoms with Crippen LogP contribution < -0.4 is 5.56 Å². The number of carbonyl (C=O) groups is 2. The minimum absolute atomic E-state index is 0.0771. The Labute approximate surface area is 169 Å². The number of carboxylic acid groups (broad SMARTS) is 1. The van der Waals surface area contributed by atoms with Gasteiger partial charge in [0, 0.05) is 24.8 Å². The number of aromatic amines is 1. The maximum atomic E-state index is 13.2. The largest absolute Gasteiger partial charge is 0.481 e. The van der Waals surface area contributed by atoms with Crippen LogP contribution in [0, 0.1) is 5.41 Å². The number of aliphatic hydroxyl groups excluding tert-OH is 1. The number of nitrogens with zero attached hydrogens (tertiary/aromatic N) is 1. The second-order valence-corrected chi connectivity index (χ2v) is 7.96. The van der Waals surface area contributed by atoms with Crippen LogP contribution in [0.5, 0.6) is 0 Å². The Morgan fingerprint density at radius 2 is 1.90 bits per heavy atom. The second-order valence-electron chi connectivity index (χ2n) is 7.96. The molecule has 1 fully saturated rings. The first-order chi connectivity index (χ1) is 13.7. The number of aliphatic carboxylic acids is 1. The number of carboxylic acids is 1. The Morgan fingerprint density at radius 3 is 2.52 bits per heavy atom. The SMILES string of the molecule is CC(C)c1[nH]c(=O)ccc1C(=O)N1CC[C@@H](O)[C@](Cc2ccccc2)(C(=O)O)C1. The van der Waals surface area contributed by atoms with E-state index in [0.29, 0.717) is 11.3 Å². The lowest BCUT2D eigenvalue weighted by atomic mass is 9.72. The number of amides is 1. The zero-order valence-corrected chi connectivity index (χ0v) is 16.6. The second kappa shape index (κ2) is 8.21. The number of benzene rings is 1. The van der Waals surface area contributed by atoms with Gasteiger partial charge in [-0.2, -0.15) is 0 Å². The first-order valence-electron chi connectivity index (χ1n) is 9.72. The first-order valence-corrected chi connectivity index (χ1v) is 9.72. The van der Waals surface area contributed by atoms with Gasteiger partial charge in [0.2, 0.25) is 5.56 Å². The van der Waals surface area contributed by atoms with Crippen molar-refractivity contribution in [3.05, 3.63) is 69.6 Å². The maximum Gasteiger partial charge on any atom is 0.314 e. The van der Waals surface area contributed by atoms with Crippen LogP contribution in [0.4, 0.5) is 0 Å². The van der Waals surface area contributed by atoms with E-state index in [0.717, 1.165) is 5.56 Å². The molecule has 1 aliphatic rings. The summed E-state index contributed by atoms with van der Waals surface area (Å²) < 4.78 is 0. The molecule has 29 heavy (non-hydrogen) atoms. The van der Waals surface area contributed by atoms with Gasteiger partial charge >= 0.3 is 5.97 Å². The zero-order valence-electron chi connectivity index (χ0n) is 16.6. The Bertz CT molecular complexity index is 953. The van der Waals surface area contributed by atoms with Gasteiger partial charge in [0.15, 0.2) is 0 Å². The quantitative estimate of drug-likeness (QED) is 0.714. The summed E-state index contributed by atoms with van der Waals surface area (Å²) >= 11 is 0. The van der Waals surface area contributed by atoms with E-state index >= 15 is 0 Å². The number of nitrogens with one attached hydrogen (secondary N) is 1. The minimum atomic E-state index is -1.49. The monoisotopic (exact) mass is 398 g/mol. The number of carbonyl (C=O) groups excluding carboxylic acids is 1. The van der Waals surface area contributed by atoms with E-state index in [1.54, 1.807) is 0 Å². The van der Waals surface area contributed by atoms with Crippen LogP contribution in [0.3, 0.4) is 0 Å². The number of pyridine rings is 1. The fourth-order valence-electron chi connectivity index (χ4n) is 3.98. The molecule has 0 aliphatic carbocycles. The molecule has 154 valence electrons. The summed E-state index contributed by atoms with van der Waals surface area (Å²) in [5.41, 5.74) is -0.110. The van der Waals surface area contributed by atoms with E-state index in [1.807, 2.05) is 44.2 Å². The Kier molecular flexibility index (Phi) is 5.88. The molecule has 0 radical (unpaired) electrons. The summed E-state index contributed by atoms with van der Waals surface area (Å²) in [7, 11) is 0. The molecule has 2 heterocycles. The molecule has 7 heteroatoms. The minimum Gasteiger partial charge on any atom is -0.481 e. The highest BCUT2D eigenvalue weighted by Gasteiger charge is 2.50. The average Bonchev–Trinajstić information content (AvgIpc) is 2.69. The van der Waals surface area contributed by atoms with Crippen LogP contribution in [-0.2, 0) is 11.2 Å². The lowest BCUT2D eigenvalue weighted by Crippen LogP contribution is -2.58. The van der Waals surface area contributed by atoms with Crippen LogP contribution >= 0.6 is 0 Å². The number of likely N-dealkylation sites (tertiary alicyclic amines) is 1. The number of piperidine rings is 1. The van der Waals surface area contributed by atoms with Gasteiger partial charge in [0.25, 0.3) is 5.91 Å². The van der Waals surface area contributed by atoms with Gasteiger partial charge in [-0.05, 0) is 30.4 Å². The van der Waals surface area contributed by atoms with Crippen molar-refractivity contribution >= 4 is 11.9 Å². The van der Waals surface area contributed by atoms with E-state index in [1.165, 1.54) is 17.0 Å². The van der Waals surface area contributed by atoms with Gasteiger partial charge in [-0.1, -0.05) is 44.2 Å². The first kappa shape index (κ1) is 20.8. The summed E-state index contributed by atoms with van der Waals surface area (Å²) in [5, 5.41) is 20.7. The number of aromatic nitrogens is 1. The summed E-state index contributed by atoms with van der Waals surface area (Å²) in [5.74, 6) is -1.54. The van der Waals surface area contributed by atoms with Crippen molar-refractivity contribution in [2.45, 2.75) is 38.7 Å². The molecule has 2 aromatic rings. The fraction of sp³-hybridized carbons (Fsp3) is 0.409. The summed E-state index contributed by atoms with van der Waals surface area (Å²) in [6, 6.07) is 11.9. The molecule has 7 nitrogen and oxygen atoms in total. The molecule has 1 aliphatic heterocycles. The highest BCUT2D eigenvalue weighted by molar-refractivity contribution is 5.96. The smallest absolute Gasteiger partial charge is 0.314 e. The van der Waals surface area contributed by atoms with Crippen molar-refractivity contribution in [2.75, 3.05) is 13.1 Å². The molecule has 1 saturated heterocycles. The summed E-state index contributed by atoms with van der Waals surface area (Å²) in [6.07, 6.45) is -0.772. The van der Waals surface area contributed by atoms with Crippen molar-refractivity contribution in [1.29, 1.82) is 0 Å². The Hall–Kier alpha value is -2.93. The van der Waals surface area contributed by atoms with Crippen LogP contribution in [-0.4, -0.2) is 51.2 Å². The van der Waals surface area contributed by atoms with Crippen molar-refractivity contribution in [3.8, 4) is 0 Å². The number of rotatable bonds is 5. The summed E-state index contributed by atoms with van der Waals surface area (Å²) in [4.78, 5) is 41.4. The molecule has 1 amide bonds. The third kappa shape index (κ3) is 4.10. The maximum absolute atomic E-state index is 13.2. The van der Waals surface area contributed by atoms with E-state index in [4.69, 9.17) is 0 Å². The lowest BCUT2D eigenvalue weighted by molar-refractivity contribution is -0.161. The standard InChI is InChI=1S/C22H26N2O5/c1-14(2)19-16(8-9-18(26)23-19)20(27)24-11-10-17(25)22(13-24,21(28)29)12-15-6-4-3-5-7-15/h3-9,14,17,25H,10-13H2,1-2H3,(H,23,26)(H,28,29)/t17-,22-/m1/s1. The van der Waals surface area contributed by atoms with Gasteiger partial charge in [-0.3, -0.25) is 14.4 Å². The molecule has 0 bridgehead atoms. The highest BCUT2D eigenvalue weighted by Crippen LogP contribution is 2.35. The third-order valence-corrected chi connectivity index (χ3v) is 5.62. The van der Waals surface area contributed by atoms with E-state index in [2.05, 4.69) is 4.98 Å².